The van der Waals surface area contributed by atoms with Crippen molar-refractivity contribution in [1.29, 1.82) is 0 Å². The van der Waals surface area contributed by atoms with Gasteiger partial charge in [0.25, 0.3) is 0 Å². The average molecular weight is 490 g/mol. The van der Waals surface area contributed by atoms with E-state index in [9.17, 15) is 18.0 Å². The predicted molar refractivity (Wildman–Crippen MR) is 118 cm³/mol. The van der Waals surface area contributed by atoms with Crippen molar-refractivity contribution in [3.63, 3.8) is 0 Å². The fourth-order valence-corrected chi connectivity index (χ4v) is 4.31. The second-order valence-corrected chi connectivity index (χ2v) is 8.56. The molecular formula is C21H24Cl2F3N5O. The van der Waals surface area contributed by atoms with E-state index in [1.54, 1.807) is 6.08 Å². The Morgan fingerprint density at radius 3 is 2.50 bits per heavy atom. The maximum atomic E-state index is 14.0. The third-order valence-electron chi connectivity index (χ3n) is 5.64. The van der Waals surface area contributed by atoms with Crippen LogP contribution >= 0.6 is 23.2 Å². The standard InChI is InChI=1S/C21H24Cl2F3N5O/c1-30-10-6-13(7-11-30)31(2)20(32)29-19(21(24,25)26)15-5-3-4-14(17(22)18(15)23)16-12-27-8-9-28-16/h4-5,8-9,12-13,19H,3,6-7,10-11H2,1-2H3,(H,29,32)/t19-/m1/s1. The first-order valence-corrected chi connectivity index (χ1v) is 10.9. The van der Waals surface area contributed by atoms with Crippen molar-refractivity contribution in [3.8, 4) is 0 Å². The molecule has 2 aliphatic rings. The number of aromatic nitrogens is 2. The molecule has 1 N–H and O–H groups in total. The second kappa shape index (κ2) is 10.2. The summed E-state index contributed by atoms with van der Waals surface area (Å²) in [6, 6.07) is -3.25. The summed E-state index contributed by atoms with van der Waals surface area (Å²) in [7, 11) is 3.48. The summed E-state index contributed by atoms with van der Waals surface area (Å²) < 4.78 is 42.1. The van der Waals surface area contributed by atoms with E-state index in [4.69, 9.17) is 23.2 Å². The fourth-order valence-electron chi connectivity index (χ4n) is 3.74. The number of halogens is 5. The lowest BCUT2D eigenvalue weighted by Gasteiger charge is -2.36. The van der Waals surface area contributed by atoms with Crippen molar-refractivity contribution < 1.29 is 18.0 Å². The molecule has 32 heavy (non-hydrogen) atoms. The van der Waals surface area contributed by atoms with Crippen LogP contribution in [0.1, 0.15) is 25.0 Å². The normalized spacial score (nSPS) is 19.7. The molecule has 2 amide bonds. The van der Waals surface area contributed by atoms with Crippen molar-refractivity contribution in [3.05, 3.63) is 52.1 Å². The smallest absolute Gasteiger partial charge is 0.325 e. The zero-order valence-corrected chi connectivity index (χ0v) is 19.2. The van der Waals surface area contributed by atoms with E-state index in [-0.39, 0.29) is 28.1 Å². The maximum Gasteiger partial charge on any atom is 0.412 e. The zero-order valence-electron chi connectivity index (χ0n) is 17.7. The SMILES string of the molecule is CN1CCC(N(C)C(=O)N[C@H](C2=CCC=C(c3cnccn3)C(Cl)=C2Cl)C(F)(F)F)CC1. The van der Waals surface area contributed by atoms with Crippen LogP contribution in [0.3, 0.4) is 0 Å². The number of piperidine rings is 1. The number of nitrogens with zero attached hydrogens (tertiary/aromatic N) is 4. The highest BCUT2D eigenvalue weighted by atomic mass is 35.5. The molecule has 3 rings (SSSR count). The van der Waals surface area contributed by atoms with Gasteiger partial charge in [0.15, 0.2) is 6.04 Å². The number of alkyl halides is 3. The fraction of sp³-hybridized carbons (Fsp3) is 0.476. The number of allylic oxidation sites excluding steroid dienone is 4. The molecule has 1 fully saturated rings. The van der Waals surface area contributed by atoms with Crippen molar-refractivity contribution in [2.75, 3.05) is 27.2 Å². The Morgan fingerprint density at radius 1 is 1.22 bits per heavy atom. The van der Waals surface area contributed by atoms with Gasteiger partial charge in [0, 0.05) is 36.6 Å². The van der Waals surface area contributed by atoms with Gasteiger partial charge >= 0.3 is 12.2 Å². The quantitative estimate of drug-likeness (QED) is 0.673. The molecule has 1 atom stereocenters. The molecule has 2 heterocycles. The number of rotatable bonds is 4. The Hall–Kier alpha value is -2.10. The van der Waals surface area contributed by atoms with Crippen LogP contribution in [-0.2, 0) is 0 Å². The first-order valence-electron chi connectivity index (χ1n) is 10.1. The van der Waals surface area contributed by atoms with E-state index < -0.39 is 18.2 Å². The first kappa shape index (κ1) is 24.5. The van der Waals surface area contributed by atoms with Crippen molar-refractivity contribution >= 4 is 34.8 Å². The molecule has 0 aromatic carbocycles. The molecule has 1 saturated heterocycles. The third kappa shape index (κ3) is 5.63. The number of hydrogen-bond donors (Lipinski definition) is 1. The molecular weight excluding hydrogens is 466 g/mol. The van der Waals surface area contributed by atoms with E-state index in [1.807, 2.05) is 7.05 Å². The lowest BCUT2D eigenvalue weighted by atomic mass is 10.0. The van der Waals surface area contributed by atoms with Crippen molar-refractivity contribution in [2.24, 2.45) is 0 Å². The van der Waals surface area contributed by atoms with E-state index in [1.165, 1.54) is 36.6 Å². The molecule has 0 unspecified atom stereocenters. The monoisotopic (exact) mass is 489 g/mol. The van der Waals surface area contributed by atoms with Crippen LogP contribution in [0.15, 0.2) is 46.4 Å². The summed E-state index contributed by atoms with van der Waals surface area (Å²) in [4.78, 5) is 24.3. The van der Waals surface area contributed by atoms with Gasteiger partial charge in [0.1, 0.15) is 0 Å². The number of likely N-dealkylation sites (tertiary alicyclic amines) is 1. The van der Waals surface area contributed by atoms with Crippen LogP contribution in [0.4, 0.5) is 18.0 Å². The minimum atomic E-state index is -4.77. The van der Waals surface area contributed by atoms with E-state index >= 15 is 0 Å². The Bertz CT molecular complexity index is 925. The van der Waals surface area contributed by atoms with Gasteiger partial charge < -0.3 is 15.1 Å². The number of urea groups is 1. The van der Waals surface area contributed by atoms with Crippen molar-refractivity contribution in [2.45, 2.75) is 37.5 Å². The average Bonchev–Trinajstić information content (AvgIpc) is 2.90. The van der Waals surface area contributed by atoms with Crippen LogP contribution in [0.2, 0.25) is 0 Å². The maximum absolute atomic E-state index is 14.0. The number of carbonyl (C=O) groups is 1. The number of hydrogen-bond acceptors (Lipinski definition) is 4. The van der Waals surface area contributed by atoms with Gasteiger partial charge in [0.2, 0.25) is 0 Å². The van der Waals surface area contributed by atoms with Crippen LogP contribution < -0.4 is 5.32 Å². The molecule has 1 aliphatic heterocycles. The first-order chi connectivity index (χ1) is 15.1. The minimum Gasteiger partial charge on any atom is -0.325 e. The highest BCUT2D eigenvalue weighted by molar-refractivity contribution is 6.45. The molecule has 6 nitrogen and oxygen atoms in total. The van der Waals surface area contributed by atoms with Gasteiger partial charge in [-0.2, -0.15) is 13.2 Å². The molecule has 1 aliphatic carbocycles. The topological polar surface area (TPSA) is 61.4 Å². The largest absolute Gasteiger partial charge is 0.412 e. The predicted octanol–water partition coefficient (Wildman–Crippen LogP) is 4.55. The molecule has 11 heteroatoms. The highest BCUT2D eigenvalue weighted by Gasteiger charge is 2.45. The van der Waals surface area contributed by atoms with Crippen molar-refractivity contribution in [1.82, 2.24) is 25.1 Å². The molecule has 0 spiro atoms. The van der Waals surface area contributed by atoms with Gasteiger partial charge in [0.05, 0.1) is 22.0 Å². The number of nitrogens with one attached hydrogen (secondary N) is 1. The van der Waals surface area contributed by atoms with Crippen LogP contribution in [0, 0.1) is 0 Å². The van der Waals surface area contributed by atoms with Gasteiger partial charge in [-0.3, -0.25) is 9.97 Å². The van der Waals surface area contributed by atoms with Gasteiger partial charge in [-0.05, 0) is 39.4 Å². The second-order valence-electron chi connectivity index (χ2n) is 7.80. The van der Waals surface area contributed by atoms with E-state index in [0.29, 0.717) is 24.1 Å². The molecule has 0 bridgehead atoms. The molecule has 0 saturated carbocycles. The molecule has 174 valence electrons. The third-order valence-corrected chi connectivity index (χ3v) is 6.54. The lowest BCUT2D eigenvalue weighted by molar-refractivity contribution is -0.144. The molecule has 1 aromatic rings. The van der Waals surface area contributed by atoms with Gasteiger partial charge in [-0.1, -0.05) is 35.4 Å². The summed E-state index contributed by atoms with van der Waals surface area (Å²) in [6.07, 6.45) is 4.05. The summed E-state index contributed by atoms with van der Waals surface area (Å²) in [5.41, 5.74) is 0.469. The van der Waals surface area contributed by atoms with Crippen LogP contribution in [0.5, 0.6) is 0 Å². The minimum absolute atomic E-state index is 0.0805. The Kier molecular flexibility index (Phi) is 7.84. The number of amides is 2. The Balaban J connectivity index is 1.84. The van der Waals surface area contributed by atoms with E-state index in [2.05, 4.69) is 20.2 Å². The molecule has 1 aromatic heterocycles. The van der Waals surface area contributed by atoms with Crippen LogP contribution in [0.25, 0.3) is 5.57 Å². The highest BCUT2D eigenvalue weighted by Crippen LogP contribution is 2.40. The van der Waals surface area contributed by atoms with Crippen LogP contribution in [-0.4, -0.2) is 71.2 Å². The Morgan fingerprint density at radius 2 is 1.91 bits per heavy atom. The Labute approximate surface area is 194 Å². The van der Waals surface area contributed by atoms with Gasteiger partial charge in [-0.25, -0.2) is 4.79 Å². The summed E-state index contributed by atoms with van der Waals surface area (Å²) in [6.45, 7) is 1.55. The summed E-state index contributed by atoms with van der Waals surface area (Å²) >= 11 is 12.7. The number of carbonyl (C=O) groups excluding carboxylic acids is 1. The van der Waals surface area contributed by atoms with E-state index in [0.717, 1.165) is 13.1 Å². The van der Waals surface area contributed by atoms with Gasteiger partial charge in [-0.15, -0.1) is 0 Å². The lowest BCUT2D eigenvalue weighted by Crippen LogP contribution is -2.54. The summed E-state index contributed by atoms with van der Waals surface area (Å²) in [5.74, 6) is 0. The molecule has 0 radical (unpaired) electrons. The summed E-state index contributed by atoms with van der Waals surface area (Å²) in [5, 5.41) is 1.75. The zero-order chi connectivity index (χ0) is 23.5.